The topological polar surface area (TPSA) is 57.7 Å². The van der Waals surface area contributed by atoms with Gasteiger partial charge in [-0.2, -0.15) is 4.31 Å². The van der Waals surface area contributed by atoms with Gasteiger partial charge in [0, 0.05) is 31.2 Å². The molecule has 134 valence electrons. The minimum atomic E-state index is -3.54. The summed E-state index contributed by atoms with van der Waals surface area (Å²) in [6.45, 7) is 7.31. The van der Waals surface area contributed by atoms with Gasteiger partial charge in [-0.25, -0.2) is 8.42 Å². The number of piperidine rings is 1. The van der Waals surface area contributed by atoms with Gasteiger partial charge in [0.25, 0.3) is 5.91 Å². The highest BCUT2D eigenvalue weighted by Crippen LogP contribution is 2.23. The maximum atomic E-state index is 12.9. The van der Waals surface area contributed by atoms with Crippen molar-refractivity contribution in [2.24, 2.45) is 0 Å². The van der Waals surface area contributed by atoms with Crippen LogP contribution in [0.15, 0.2) is 29.2 Å². The van der Waals surface area contributed by atoms with E-state index >= 15 is 0 Å². The Hall–Kier alpha value is -1.40. The highest BCUT2D eigenvalue weighted by atomic mass is 32.2. The molecule has 1 aromatic carbocycles. The molecule has 0 radical (unpaired) electrons. The molecule has 1 fully saturated rings. The Labute approximate surface area is 145 Å². The van der Waals surface area contributed by atoms with Gasteiger partial charge in [0.05, 0.1) is 4.90 Å². The first-order valence-corrected chi connectivity index (χ1v) is 10.3. The Morgan fingerprint density at radius 2 is 1.92 bits per heavy atom. The van der Waals surface area contributed by atoms with Crippen LogP contribution in [0.4, 0.5) is 0 Å². The van der Waals surface area contributed by atoms with Gasteiger partial charge < -0.3 is 4.90 Å². The van der Waals surface area contributed by atoms with Crippen molar-refractivity contribution >= 4 is 15.9 Å². The van der Waals surface area contributed by atoms with E-state index < -0.39 is 10.0 Å². The number of likely N-dealkylation sites (tertiary alicyclic amines) is 1. The first kappa shape index (κ1) is 18.9. The predicted octanol–water partition coefficient (Wildman–Crippen LogP) is 3.12. The van der Waals surface area contributed by atoms with Crippen LogP contribution in [0.25, 0.3) is 0 Å². The average Bonchev–Trinajstić information content (AvgIpc) is 2.62. The average molecular weight is 353 g/mol. The molecule has 1 aliphatic heterocycles. The van der Waals surface area contributed by atoms with Crippen molar-refractivity contribution in [1.29, 1.82) is 0 Å². The SMILES string of the molecule is CCC1CCCCN1C(=O)c1cccc(S(=O)(=O)N(CC)CC)c1. The second-order valence-electron chi connectivity index (χ2n) is 6.17. The normalized spacial score (nSPS) is 18.8. The standard InChI is InChI=1S/C18H28N2O3S/c1-4-16-11-7-8-13-20(16)18(21)15-10-9-12-17(14-15)24(22,23)19(5-2)6-3/h9-10,12,14,16H,4-8,11,13H2,1-3H3. The summed E-state index contributed by atoms with van der Waals surface area (Å²) < 4.78 is 26.7. The third-order valence-corrected chi connectivity index (χ3v) is 6.83. The number of carbonyl (C=O) groups excluding carboxylic acids is 1. The van der Waals surface area contributed by atoms with Gasteiger partial charge >= 0.3 is 0 Å². The number of hydrogen-bond donors (Lipinski definition) is 0. The fourth-order valence-corrected chi connectivity index (χ4v) is 4.86. The molecule has 1 aromatic rings. The monoisotopic (exact) mass is 352 g/mol. The van der Waals surface area contributed by atoms with Crippen LogP contribution in [0.5, 0.6) is 0 Å². The van der Waals surface area contributed by atoms with Crippen molar-refractivity contribution in [3.05, 3.63) is 29.8 Å². The van der Waals surface area contributed by atoms with E-state index in [0.29, 0.717) is 18.7 Å². The lowest BCUT2D eigenvalue weighted by Crippen LogP contribution is -2.43. The van der Waals surface area contributed by atoms with Gasteiger partial charge in [0.2, 0.25) is 10.0 Å². The molecule has 0 N–H and O–H groups in total. The summed E-state index contributed by atoms with van der Waals surface area (Å²) in [5, 5.41) is 0. The van der Waals surface area contributed by atoms with Gasteiger partial charge in [0.15, 0.2) is 0 Å². The van der Waals surface area contributed by atoms with Crippen molar-refractivity contribution in [2.75, 3.05) is 19.6 Å². The number of benzene rings is 1. The zero-order valence-electron chi connectivity index (χ0n) is 14.9. The Bertz CT molecular complexity index is 669. The first-order valence-electron chi connectivity index (χ1n) is 8.86. The van der Waals surface area contributed by atoms with Gasteiger partial charge in [0.1, 0.15) is 0 Å². The molecule has 0 saturated carbocycles. The van der Waals surface area contributed by atoms with Crippen LogP contribution in [-0.2, 0) is 10.0 Å². The van der Waals surface area contributed by atoms with Gasteiger partial charge in [-0.1, -0.05) is 26.8 Å². The second-order valence-corrected chi connectivity index (χ2v) is 8.11. The number of nitrogens with zero attached hydrogens (tertiary/aromatic N) is 2. The van der Waals surface area contributed by atoms with Crippen molar-refractivity contribution in [1.82, 2.24) is 9.21 Å². The minimum absolute atomic E-state index is 0.0573. The largest absolute Gasteiger partial charge is 0.336 e. The Kier molecular flexibility index (Phi) is 6.40. The molecule has 0 spiro atoms. The summed E-state index contributed by atoms with van der Waals surface area (Å²) in [6.07, 6.45) is 4.13. The molecule has 1 atom stereocenters. The maximum Gasteiger partial charge on any atom is 0.254 e. The summed E-state index contributed by atoms with van der Waals surface area (Å²) in [5.41, 5.74) is 0.462. The molecule has 1 heterocycles. The van der Waals surface area contributed by atoms with Crippen LogP contribution in [-0.4, -0.2) is 49.2 Å². The van der Waals surface area contributed by atoms with Crippen molar-refractivity contribution < 1.29 is 13.2 Å². The molecule has 24 heavy (non-hydrogen) atoms. The van der Waals surface area contributed by atoms with E-state index in [9.17, 15) is 13.2 Å². The Morgan fingerprint density at radius 3 is 2.54 bits per heavy atom. The Morgan fingerprint density at radius 1 is 1.21 bits per heavy atom. The molecule has 2 rings (SSSR count). The highest BCUT2D eigenvalue weighted by Gasteiger charge is 2.28. The molecule has 0 bridgehead atoms. The van der Waals surface area contributed by atoms with Crippen LogP contribution in [0.2, 0.25) is 0 Å². The number of carbonyl (C=O) groups is 1. The summed E-state index contributed by atoms with van der Waals surface area (Å²) in [4.78, 5) is 15.0. The van der Waals surface area contributed by atoms with Gasteiger partial charge in [-0.15, -0.1) is 0 Å². The van der Waals surface area contributed by atoms with E-state index in [1.165, 1.54) is 10.4 Å². The maximum absolute atomic E-state index is 12.9. The molecule has 0 aliphatic carbocycles. The van der Waals surface area contributed by atoms with E-state index in [1.807, 2.05) is 18.7 Å². The third-order valence-electron chi connectivity index (χ3n) is 4.78. The lowest BCUT2D eigenvalue weighted by molar-refractivity contribution is 0.0608. The quantitative estimate of drug-likeness (QED) is 0.790. The van der Waals surface area contributed by atoms with Crippen LogP contribution in [0, 0.1) is 0 Å². The van der Waals surface area contributed by atoms with E-state index in [1.54, 1.807) is 18.2 Å². The predicted molar refractivity (Wildman–Crippen MR) is 95.5 cm³/mol. The van der Waals surface area contributed by atoms with Crippen LogP contribution < -0.4 is 0 Å². The summed E-state index contributed by atoms with van der Waals surface area (Å²) in [5.74, 6) is -0.0573. The molecule has 1 saturated heterocycles. The molecule has 6 heteroatoms. The number of amides is 1. The Balaban J connectivity index is 2.31. The van der Waals surface area contributed by atoms with Crippen molar-refractivity contribution in [3.63, 3.8) is 0 Å². The smallest absolute Gasteiger partial charge is 0.254 e. The van der Waals surface area contributed by atoms with Crippen LogP contribution >= 0.6 is 0 Å². The summed E-state index contributed by atoms with van der Waals surface area (Å²) >= 11 is 0. The zero-order valence-corrected chi connectivity index (χ0v) is 15.7. The third kappa shape index (κ3) is 3.81. The fraction of sp³-hybridized carbons (Fsp3) is 0.611. The summed E-state index contributed by atoms with van der Waals surface area (Å²) in [7, 11) is -3.54. The molecule has 5 nitrogen and oxygen atoms in total. The number of rotatable bonds is 6. The molecular formula is C18H28N2O3S. The van der Waals surface area contributed by atoms with E-state index in [-0.39, 0.29) is 16.8 Å². The highest BCUT2D eigenvalue weighted by molar-refractivity contribution is 7.89. The van der Waals surface area contributed by atoms with Crippen LogP contribution in [0.1, 0.15) is 56.8 Å². The van der Waals surface area contributed by atoms with Gasteiger partial charge in [-0.05, 0) is 43.9 Å². The number of sulfonamides is 1. The number of hydrogen-bond acceptors (Lipinski definition) is 3. The lowest BCUT2D eigenvalue weighted by Gasteiger charge is -2.35. The summed E-state index contributed by atoms with van der Waals surface area (Å²) in [6, 6.07) is 6.73. The molecule has 1 amide bonds. The molecular weight excluding hydrogens is 324 g/mol. The lowest BCUT2D eigenvalue weighted by atomic mass is 9.99. The minimum Gasteiger partial charge on any atom is -0.336 e. The van der Waals surface area contributed by atoms with Crippen LogP contribution in [0.3, 0.4) is 0 Å². The molecule has 1 unspecified atom stereocenters. The molecule has 1 aliphatic rings. The van der Waals surface area contributed by atoms with E-state index in [2.05, 4.69) is 6.92 Å². The van der Waals surface area contributed by atoms with Gasteiger partial charge in [-0.3, -0.25) is 4.79 Å². The molecule has 0 aromatic heterocycles. The fourth-order valence-electron chi connectivity index (χ4n) is 3.36. The van der Waals surface area contributed by atoms with Crippen molar-refractivity contribution in [3.8, 4) is 0 Å². The zero-order chi connectivity index (χ0) is 17.7. The van der Waals surface area contributed by atoms with E-state index in [0.717, 1.165) is 32.2 Å². The van der Waals surface area contributed by atoms with E-state index in [4.69, 9.17) is 0 Å². The van der Waals surface area contributed by atoms with Crippen molar-refractivity contribution in [2.45, 2.75) is 57.4 Å². The first-order chi connectivity index (χ1) is 11.5. The second kappa shape index (κ2) is 8.12.